The van der Waals surface area contributed by atoms with Gasteiger partial charge in [-0.05, 0) is 37.1 Å². The maximum absolute atomic E-state index is 12.7. The molecule has 2 aromatic rings. The fraction of sp³-hybridized carbons (Fsp3) is 0.364. The minimum absolute atomic E-state index is 0.00785. The van der Waals surface area contributed by atoms with E-state index in [-0.39, 0.29) is 24.1 Å². The van der Waals surface area contributed by atoms with Gasteiger partial charge in [0.1, 0.15) is 0 Å². The van der Waals surface area contributed by atoms with Gasteiger partial charge in [0, 0.05) is 30.0 Å². The van der Waals surface area contributed by atoms with Crippen molar-refractivity contribution in [3.8, 4) is 11.5 Å². The average molecular weight is 411 g/mol. The maximum atomic E-state index is 12.7. The highest BCUT2D eigenvalue weighted by molar-refractivity contribution is 6.06. The molecular weight excluding hydrogens is 386 g/mol. The topological polar surface area (TPSA) is 94.3 Å². The van der Waals surface area contributed by atoms with Gasteiger partial charge in [0.25, 0.3) is 5.69 Å². The molecule has 0 bridgehead atoms. The van der Waals surface area contributed by atoms with Gasteiger partial charge in [0.15, 0.2) is 11.5 Å². The molecular formula is C22H25N3O5. The van der Waals surface area contributed by atoms with Crippen LogP contribution in [0.1, 0.15) is 37.8 Å². The SMILES string of the molecule is CCOc1cc(C2=NN(Cc3ccc([N+](=O)[O-])cc3)C(=O)CC2CC)ccc1OC. The quantitative estimate of drug-likeness (QED) is 0.480. The van der Waals surface area contributed by atoms with Crippen LogP contribution in [-0.4, -0.2) is 35.3 Å². The number of non-ortho nitro benzene ring substituents is 1. The van der Waals surface area contributed by atoms with Crippen molar-refractivity contribution in [2.24, 2.45) is 11.0 Å². The van der Waals surface area contributed by atoms with Crippen LogP contribution < -0.4 is 9.47 Å². The molecule has 0 aliphatic carbocycles. The van der Waals surface area contributed by atoms with E-state index < -0.39 is 4.92 Å². The molecule has 0 aromatic heterocycles. The molecule has 0 spiro atoms. The molecule has 3 rings (SSSR count). The van der Waals surface area contributed by atoms with E-state index in [0.29, 0.717) is 24.5 Å². The zero-order chi connectivity index (χ0) is 21.7. The van der Waals surface area contributed by atoms with Gasteiger partial charge in [-0.2, -0.15) is 5.10 Å². The number of methoxy groups -OCH3 is 1. The van der Waals surface area contributed by atoms with Gasteiger partial charge in [-0.3, -0.25) is 14.9 Å². The van der Waals surface area contributed by atoms with E-state index in [2.05, 4.69) is 5.10 Å². The van der Waals surface area contributed by atoms with E-state index in [1.165, 1.54) is 17.1 Å². The van der Waals surface area contributed by atoms with Gasteiger partial charge in [-0.15, -0.1) is 0 Å². The molecule has 0 saturated carbocycles. The fourth-order valence-electron chi connectivity index (χ4n) is 3.44. The number of benzene rings is 2. The van der Waals surface area contributed by atoms with Crippen LogP contribution in [0.25, 0.3) is 0 Å². The second-order valence-corrected chi connectivity index (χ2v) is 6.97. The summed E-state index contributed by atoms with van der Waals surface area (Å²) in [7, 11) is 1.59. The Morgan fingerprint density at radius 2 is 1.90 bits per heavy atom. The lowest BCUT2D eigenvalue weighted by molar-refractivity contribution is -0.384. The first-order chi connectivity index (χ1) is 14.5. The van der Waals surface area contributed by atoms with Gasteiger partial charge >= 0.3 is 0 Å². The van der Waals surface area contributed by atoms with Crippen LogP contribution in [0.3, 0.4) is 0 Å². The highest BCUT2D eigenvalue weighted by atomic mass is 16.6. The normalized spacial score (nSPS) is 16.2. The zero-order valence-electron chi connectivity index (χ0n) is 17.3. The summed E-state index contributed by atoms with van der Waals surface area (Å²) in [6.45, 7) is 4.70. The van der Waals surface area contributed by atoms with Crippen LogP contribution in [0.5, 0.6) is 11.5 Å². The zero-order valence-corrected chi connectivity index (χ0v) is 17.3. The number of carbonyl (C=O) groups excluding carboxylic acids is 1. The molecule has 0 saturated heterocycles. The Kier molecular flexibility index (Phi) is 6.66. The number of nitrogens with zero attached hydrogens (tertiary/aromatic N) is 3. The van der Waals surface area contributed by atoms with Gasteiger partial charge in [-0.1, -0.05) is 19.1 Å². The number of hydrazone groups is 1. The predicted octanol–water partition coefficient (Wildman–Crippen LogP) is 4.16. The molecule has 8 heteroatoms. The number of hydrogen-bond donors (Lipinski definition) is 0. The molecule has 0 fully saturated rings. The number of nitro benzene ring substituents is 1. The highest BCUT2D eigenvalue weighted by Crippen LogP contribution is 2.32. The third kappa shape index (κ3) is 4.59. The van der Waals surface area contributed by atoms with Crippen LogP contribution in [0, 0.1) is 16.0 Å². The van der Waals surface area contributed by atoms with Crippen LogP contribution >= 0.6 is 0 Å². The Morgan fingerprint density at radius 3 is 2.50 bits per heavy atom. The van der Waals surface area contributed by atoms with Crippen molar-refractivity contribution < 1.29 is 19.2 Å². The van der Waals surface area contributed by atoms with E-state index in [0.717, 1.165) is 23.3 Å². The second kappa shape index (κ2) is 9.39. The molecule has 1 aliphatic heterocycles. The largest absolute Gasteiger partial charge is 0.493 e. The first-order valence-electron chi connectivity index (χ1n) is 9.90. The smallest absolute Gasteiger partial charge is 0.269 e. The average Bonchev–Trinajstić information content (AvgIpc) is 2.75. The fourth-order valence-corrected chi connectivity index (χ4v) is 3.44. The summed E-state index contributed by atoms with van der Waals surface area (Å²) < 4.78 is 11.0. The first-order valence-corrected chi connectivity index (χ1v) is 9.90. The number of carbonyl (C=O) groups is 1. The van der Waals surface area contributed by atoms with E-state index in [9.17, 15) is 14.9 Å². The molecule has 2 aromatic carbocycles. The molecule has 8 nitrogen and oxygen atoms in total. The predicted molar refractivity (Wildman–Crippen MR) is 113 cm³/mol. The van der Waals surface area contributed by atoms with E-state index in [4.69, 9.17) is 9.47 Å². The monoisotopic (exact) mass is 411 g/mol. The van der Waals surface area contributed by atoms with Crippen molar-refractivity contribution >= 4 is 17.3 Å². The van der Waals surface area contributed by atoms with Crippen LogP contribution in [0.15, 0.2) is 47.6 Å². The number of amides is 1. The molecule has 1 atom stereocenters. The summed E-state index contributed by atoms with van der Waals surface area (Å²) in [5.41, 5.74) is 2.49. The van der Waals surface area contributed by atoms with Crippen molar-refractivity contribution in [1.29, 1.82) is 0 Å². The van der Waals surface area contributed by atoms with Gasteiger partial charge < -0.3 is 9.47 Å². The summed E-state index contributed by atoms with van der Waals surface area (Å²) in [6, 6.07) is 11.8. The van der Waals surface area contributed by atoms with E-state index in [1.807, 2.05) is 32.0 Å². The van der Waals surface area contributed by atoms with Crippen LogP contribution in [0.4, 0.5) is 5.69 Å². The first kappa shape index (κ1) is 21.3. The van der Waals surface area contributed by atoms with Gasteiger partial charge in [0.2, 0.25) is 5.91 Å². The summed E-state index contributed by atoms with van der Waals surface area (Å²) in [4.78, 5) is 23.1. The van der Waals surface area contributed by atoms with Crippen LogP contribution in [-0.2, 0) is 11.3 Å². The van der Waals surface area contributed by atoms with Crippen molar-refractivity contribution in [1.82, 2.24) is 5.01 Å². The lowest BCUT2D eigenvalue weighted by Crippen LogP contribution is -2.36. The molecule has 158 valence electrons. The summed E-state index contributed by atoms with van der Waals surface area (Å²) in [6.07, 6.45) is 1.14. The Balaban J connectivity index is 1.92. The molecule has 0 N–H and O–H groups in total. The molecule has 1 amide bonds. The molecule has 1 unspecified atom stereocenters. The lowest BCUT2D eigenvalue weighted by atomic mass is 9.89. The van der Waals surface area contributed by atoms with Crippen molar-refractivity contribution in [2.75, 3.05) is 13.7 Å². The van der Waals surface area contributed by atoms with Crippen molar-refractivity contribution in [2.45, 2.75) is 33.2 Å². The minimum atomic E-state index is -0.447. The van der Waals surface area contributed by atoms with Gasteiger partial charge in [-0.25, -0.2) is 5.01 Å². The Morgan fingerprint density at radius 1 is 1.17 bits per heavy atom. The summed E-state index contributed by atoms with van der Waals surface area (Å²) in [5, 5.41) is 16.9. The third-order valence-electron chi connectivity index (χ3n) is 5.06. The Bertz CT molecular complexity index is 956. The molecule has 0 radical (unpaired) electrons. The van der Waals surface area contributed by atoms with E-state index in [1.54, 1.807) is 19.2 Å². The van der Waals surface area contributed by atoms with E-state index >= 15 is 0 Å². The standard InChI is InChI=1S/C22H25N3O5/c1-4-16-13-21(26)24(14-15-6-9-18(10-7-15)25(27)28)23-22(16)17-8-11-19(29-3)20(12-17)30-5-2/h6-12,16H,4-5,13-14H2,1-3H3. The third-order valence-corrected chi connectivity index (χ3v) is 5.06. The molecule has 30 heavy (non-hydrogen) atoms. The Hall–Kier alpha value is -3.42. The molecule has 1 heterocycles. The molecule has 1 aliphatic rings. The van der Waals surface area contributed by atoms with Crippen molar-refractivity contribution in [3.63, 3.8) is 0 Å². The summed E-state index contributed by atoms with van der Waals surface area (Å²) in [5.74, 6) is 1.22. The minimum Gasteiger partial charge on any atom is -0.493 e. The number of ether oxygens (including phenoxy) is 2. The number of rotatable bonds is 8. The van der Waals surface area contributed by atoms with Gasteiger partial charge in [0.05, 0.1) is 30.9 Å². The highest BCUT2D eigenvalue weighted by Gasteiger charge is 2.29. The second-order valence-electron chi connectivity index (χ2n) is 6.97. The Labute approximate surface area is 175 Å². The van der Waals surface area contributed by atoms with Crippen molar-refractivity contribution in [3.05, 3.63) is 63.7 Å². The summed E-state index contributed by atoms with van der Waals surface area (Å²) >= 11 is 0. The number of hydrogen-bond acceptors (Lipinski definition) is 6. The van der Waals surface area contributed by atoms with Crippen LogP contribution in [0.2, 0.25) is 0 Å². The number of nitro groups is 1. The lowest BCUT2D eigenvalue weighted by Gasteiger charge is -2.29. The maximum Gasteiger partial charge on any atom is 0.269 e.